The number of hydrogen-bond acceptors (Lipinski definition) is 4. The number of rotatable bonds is 10. The highest BCUT2D eigenvalue weighted by molar-refractivity contribution is 5.87. The third-order valence-electron chi connectivity index (χ3n) is 4.72. The van der Waals surface area contributed by atoms with Gasteiger partial charge in [-0.15, -0.1) is 0 Å². The van der Waals surface area contributed by atoms with Crippen molar-refractivity contribution in [2.24, 2.45) is 10.1 Å². The number of allylic oxidation sites excluding steroid dienone is 1. The molecule has 7 heteroatoms. The van der Waals surface area contributed by atoms with E-state index < -0.39 is 6.03 Å². The van der Waals surface area contributed by atoms with Crippen molar-refractivity contribution in [1.29, 1.82) is 0 Å². The highest BCUT2D eigenvalue weighted by atomic mass is 16.2. The first-order chi connectivity index (χ1) is 16.0. The van der Waals surface area contributed by atoms with E-state index in [1.807, 2.05) is 39.8 Å². The molecule has 1 aromatic carbocycles. The lowest BCUT2D eigenvalue weighted by atomic mass is 10.1. The second kappa shape index (κ2) is 17.5. The minimum atomic E-state index is -0.450. The van der Waals surface area contributed by atoms with Crippen molar-refractivity contribution in [2.45, 2.75) is 74.7 Å². The van der Waals surface area contributed by atoms with Gasteiger partial charge in [-0.05, 0) is 63.2 Å². The smallest absolute Gasteiger partial charge is 0.345 e. The van der Waals surface area contributed by atoms with E-state index in [0.717, 1.165) is 43.0 Å². The van der Waals surface area contributed by atoms with Crippen LogP contribution in [0, 0.1) is 13.8 Å². The molecule has 0 saturated carbocycles. The molecule has 0 bridgehead atoms. The number of carbonyl (C=O) groups is 1. The van der Waals surface area contributed by atoms with Crippen LogP contribution in [0.4, 0.5) is 10.5 Å². The summed E-state index contributed by atoms with van der Waals surface area (Å²) in [6.45, 7) is 21.4. The summed E-state index contributed by atoms with van der Waals surface area (Å²) in [5.41, 5.74) is 7.56. The number of H-pyrrole nitrogens is 1. The van der Waals surface area contributed by atoms with Gasteiger partial charge in [-0.25, -0.2) is 9.79 Å². The first-order valence-corrected chi connectivity index (χ1v) is 12.1. The van der Waals surface area contributed by atoms with E-state index in [2.05, 4.69) is 77.3 Å². The van der Waals surface area contributed by atoms with Crippen molar-refractivity contribution in [3.63, 3.8) is 0 Å². The molecular formula is C26H44N6O. The van der Waals surface area contributed by atoms with Gasteiger partial charge < -0.3 is 9.88 Å². The highest BCUT2D eigenvalue weighted by Crippen LogP contribution is 2.24. The second-order valence-electron chi connectivity index (χ2n) is 6.96. The minimum Gasteiger partial charge on any atom is -0.358 e. The van der Waals surface area contributed by atoms with Gasteiger partial charge in [0.05, 0.1) is 5.69 Å². The van der Waals surface area contributed by atoms with E-state index in [0.29, 0.717) is 6.42 Å². The van der Waals surface area contributed by atoms with E-state index in [1.54, 1.807) is 6.21 Å². The van der Waals surface area contributed by atoms with Crippen molar-refractivity contribution in [3.05, 3.63) is 41.4 Å². The molecule has 0 atom stereocenters. The fraction of sp³-hybridized carbons (Fsp3) is 0.500. The second-order valence-corrected chi connectivity index (χ2v) is 6.96. The van der Waals surface area contributed by atoms with Crippen molar-refractivity contribution < 1.29 is 4.79 Å². The third-order valence-corrected chi connectivity index (χ3v) is 4.72. The summed E-state index contributed by atoms with van der Waals surface area (Å²) in [5.74, 6) is 0.748. The molecule has 0 aliphatic carbocycles. The van der Waals surface area contributed by atoms with Crippen molar-refractivity contribution in [2.75, 3.05) is 18.5 Å². The molecule has 1 aromatic heterocycles. The Labute approximate surface area is 200 Å². The minimum absolute atomic E-state index is 0.450. The van der Waals surface area contributed by atoms with Crippen molar-refractivity contribution in [1.82, 2.24) is 15.2 Å². The number of aryl methyl sites for hydroxylation is 2. The van der Waals surface area contributed by atoms with Crippen LogP contribution in [0.5, 0.6) is 0 Å². The summed E-state index contributed by atoms with van der Waals surface area (Å²) in [6, 6.07) is 5.69. The Morgan fingerprint density at radius 3 is 2.33 bits per heavy atom. The molecule has 0 unspecified atom stereocenters. The molecule has 3 N–H and O–H groups in total. The molecule has 0 fully saturated rings. The quantitative estimate of drug-likeness (QED) is 0.266. The molecule has 2 amide bonds. The van der Waals surface area contributed by atoms with Gasteiger partial charge in [-0.2, -0.15) is 5.10 Å². The molecular weight excluding hydrogens is 412 g/mol. The molecule has 7 nitrogen and oxygen atoms in total. The normalized spacial score (nSPS) is 10.7. The number of aliphatic imine (C=N–C) groups is 1. The zero-order chi connectivity index (χ0) is 25.2. The number of anilines is 1. The lowest BCUT2D eigenvalue weighted by Crippen LogP contribution is -2.35. The van der Waals surface area contributed by atoms with E-state index >= 15 is 0 Å². The van der Waals surface area contributed by atoms with E-state index in [4.69, 9.17) is 0 Å². The predicted molar refractivity (Wildman–Crippen MR) is 146 cm³/mol. The van der Waals surface area contributed by atoms with Crippen LogP contribution in [0.2, 0.25) is 0 Å². The number of fused-ring (bicyclic) bond motifs is 1. The van der Waals surface area contributed by atoms with Gasteiger partial charge in [-0.3, -0.25) is 10.7 Å². The maximum Gasteiger partial charge on any atom is 0.345 e. The van der Waals surface area contributed by atoms with Crippen molar-refractivity contribution >= 4 is 35.6 Å². The number of amides is 2. The van der Waals surface area contributed by atoms with Crippen LogP contribution >= 0.6 is 0 Å². The fourth-order valence-electron chi connectivity index (χ4n) is 3.17. The zero-order valence-corrected chi connectivity index (χ0v) is 21.9. The number of nitrogens with one attached hydrogen (secondary N) is 3. The van der Waals surface area contributed by atoms with Crippen LogP contribution in [0.1, 0.15) is 72.1 Å². The Morgan fingerprint density at radius 1 is 1.12 bits per heavy atom. The van der Waals surface area contributed by atoms with Crippen LogP contribution in [0.25, 0.3) is 10.9 Å². The molecule has 2 rings (SSSR count). The number of aromatic nitrogens is 1. The molecule has 0 aliphatic rings. The number of nitrogens with zero attached hydrogens (tertiary/aromatic N) is 3. The first kappa shape index (κ1) is 29.9. The Bertz CT molecular complexity index is 892. The monoisotopic (exact) mass is 456 g/mol. The van der Waals surface area contributed by atoms with E-state index in [9.17, 15) is 4.79 Å². The predicted octanol–water partition coefficient (Wildman–Crippen LogP) is 7.00. The number of hydrogen-bond donors (Lipinski definition) is 3. The summed E-state index contributed by atoms with van der Waals surface area (Å²) in [5, 5.41) is 8.31. The first-order valence-electron chi connectivity index (χ1n) is 12.1. The van der Waals surface area contributed by atoms with Crippen molar-refractivity contribution in [3.8, 4) is 0 Å². The number of carbonyl (C=O) groups excluding carboxylic acids is 1. The summed E-state index contributed by atoms with van der Waals surface area (Å²) in [7, 11) is 0. The third kappa shape index (κ3) is 9.93. The Balaban J connectivity index is 0.00000242. The SMILES string of the molecule is C=NC(=O)N/C(=C\C/C=N/Nc1ccc2[nH]c(C)c(C)c2c1)N(CCC)CCC.CC.CC. The number of benzene rings is 1. The van der Waals surface area contributed by atoms with Crippen LogP contribution in [0.3, 0.4) is 0 Å². The molecule has 0 saturated heterocycles. The standard InChI is InChI=1S/C22H32N6O.2C2H6/c1-6-13-28(14-7-2)21(26-22(29)23-5)9-8-12-24-27-18-10-11-20-19(15-18)16(3)17(4)25-20;2*1-2/h9-12,15,25,27H,5-8,13-14H2,1-4H3,(H,26,29);2*1-2H3/b21-9+,24-12+;;. The molecule has 33 heavy (non-hydrogen) atoms. The molecule has 0 aliphatic heterocycles. The Morgan fingerprint density at radius 2 is 1.76 bits per heavy atom. The summed E-state index contributed by atoms with van der Waals surface area (Å²) in [4.78, 5) is 20.6. The number of urea groups is 1. The largest absolute Gasteiger partial charge is 0.358 e. The average molecular weight is 457 g/mol. The number of hydrazone groups is 1. The van der Waals surface area contributed by atoms with Crippen LogP contribution in [-0.4, -0.2) is 41.9 Å². The van der Waals surface area contributed by atoms with Gasteiger partial charge in [0, 0.05) is 42.3 Å². The lowest BCUT2D eigenvalue weighted by molar-refractivity contribution is 0.244. The fourth-order valence-corrected chi connectivity index (χ4v) is 3.17. The molecule has 2 aromatic rings. The van der Waals surface area contributed by atoms with Crippen LogP contribution < -0.4 is 10.7 Å². The Kier molecular flexibility index (Phi) is 15.8. The van der Waals surface area contributed by atoms with Crippen LogP contribution in [-0.2, 0) is 0 Å². The van der Waals surface area contributed by atoms with Gasteiger partial charge in [0.2, 0.25) is 0 Å². The average Bonchev–Trinajstić information content (AvgIpc) is 3.13. The molecule has 184 valence electrons. The maximum absolute atomic E-state index is 11.7. The van der Waals surface area contributed by atoms with Gasteiger partial charge in [0.25, 0.3) is 0 Å². The van der Waals surface area contributed by atoms with Crippen LogP contribution in [0.15, 0.2) is 40.2 Å². The highest BCUT2D eigenvalue weighted by Gasteiger charge is 2.10. The van der Waals surface area contributed by atoms with E-state index in [1.165, 1.54) is 16.6 Å². The Hall–Kier alpha value is -3.09. The summed E-state index contributed by atoms with van der Waals surface area (Å²) >= 11 is 0. The van der Waals surface area contributed by atoms with Gasteiger partial charge >= 0.3 is 6.03 Å². The zero-order valence-electron chi connectivity index (χ0n) is 21.9. The van der Waals surface area contributed by atoms with Gasteiger partial charge in [0.1, 0.15) is 5.82 Å². The maximum atomic E-state index is 11.7. The summed E-state index contributed by atoms with van der Waals surface area (Å²) < 4.78 is 0. The number of aromatic amines is 1. The molecule has 0 radical (unpaired) electrons. The topological polar surface area (TPSA) is 84.9 Å². The molecule has 1 heterocycles. The van der Waals surface area contributed by atoms with E-state index in [-0.39, 0.29) is 0 Å². The molecule has 0 spiro atoms. The lowest BCUT2D eigenvalue weighted by Gasteiger charge is -2.26. The van der Waals surface area contributed by atoms with Gasteiger partial charge in [-0.1, -0.05) is 41.5 Å². The van der Waals surface area contributed by atoms with Gasteiger partial charge in [0.15, 0.2) is 0 Å². The summed E-state index contributed by atoms with van der Waals surface area (Å²) in [6.07, 6.45) is 6.29.